The van der Waals surface area contributed by atoms with Gasteiger partial charge in [0.15, 0.2) is 0 Å². The minimum Gasteiger partial charge on any atom is -0.367 e. The van der Waals surface area contributed by atoms with Gasteiger partial charge in [-0.15, -0.1) is 0 Å². The highest BCUT2D eigenvalue weighted by atomic mass is 15.0. The Morgan fingerprint density at radius 2 is 2.43 bits per heavy atom. The molecule has 4 heteroatoms. The number of aromatic amines is 2. The van der Waals surface area contributed by atoms with Gasteiger partial charge >= 0.3 is 0 Å². The van der Waals surface area contributed by atoms with Gasteiger partial charge in [-0.25, -0.2) is 4.98 Å². The lowest BCUT2D eigenvalue weighted by molar-refractivity contribution is 0.551. The minimum atomic E-state index is 0.250. The predicted molar refractivity (Wildman–Crippen MR) is 54.6 cm³/mol. The van der Waals surface area contributed by atoms with E-state index < -0.39 is 0 Å². The van der Waals surface area contributed by atoms with Crippen LogP contribution < -0.4 is 5.32 Å². The van der Waals surface area contributed by atoms with Gasteiger partial charge in [0.05, 0.1) is 6.04 Å². The second-order valence-electron chi connectivity index (χ2n) is 3.30. The third-order valence-corrected chi connectivity index (χ3v) is 2.20. The van der Waals surface area contributed by atoms with Crippen LogP contribution in [0.5, 0.6) is 0 Å². The Labute approximate surface area is 82.8 Å². The molecule has 0 aromatic carbocycles. The third-order valence-electron chi connectivity index (χ3n) is 2.20. The molecular formula is C10H14N4. The Morgan fingerprint density at radius 3 is 3.07 bits per heavy atom. The third kappa shape index (κ3) is 2.03. The number of hydrogen-bond donors (Lipinski definition) is 3. The molecule has 0 aliphatic heterocycles. The monoisotopic (exact) mass is 190 g/mol. The molecule has 2 rings (SSSR count). The fraction of sp³-hybridized carbons (Fsp3) is 0.300. The number of imidazole rings is 1. The highest BCUT2D eigenvalue weighted by molar-refractivity contribution is 5.08. The van der Waals surface area contributed by atoms with Crippen LogP contribution in [0, 0.1) is 0 Å². The second kappa shape index (κ2) is 4.11. The van der Waals surface area contributed by atoms with E-state index in [0.717, 1.165) is 12.4 Å². The van der Waals surface area contributed by atoms with E-state index in [1.807, 2.05) is 18.6 Å². The smallest absolute Gasteiger partial charge is 0.122 e. The van der Waals surface area contributed by atoms with Gasteiger partial charge in [-0.3, -0.25) is 0 Å². The average molecular weight is 190 g/mol. The zero-order valence-corrected chi connectivity index (χ0v) is 8.12. The van der Waals surface area contributed by atoms with Crippen molar-refractivity contribution in [2.75, 3.05) is 0 Å². The van der Waals surface area contributed by atoms with Crippen molar-refractivity contribution in [1.82, 2.24) is 20.3 Å². The molecule has 2 heterocycles. The fourth-order valence-electron chi connectivity index (χ4n) is 1.35. The molecule has 2 aromatic rings. The van der Waals surface area contributed by atoms with Crippen molar-refractivity contribution in [2.24, 2.45) is 0 Å². The summed E-state index contributed by atoms with van der Waals surface area (Å²) in [6, 6.07) is 2.31. The van der Waals surface area contributed by atoms with E-state index in [1.165, 1.54) is 5.56 Å². The molecule has 0 bridgehead atoms. The van der Waals surface area contributed by atoms with E-state index in [0.29, 0.717) is 0 Å². The van der Waals surface area contributed by atoms with Crippen LogP contribution in [-0.4, -0.2) is 15.0 Å². The summed E-state index contributed by atoms with van der Waals surface area (Å²) in [4.78, 5) is 10.3. The molecular weight excluding hydrogens is 176 g/mol. The molecule has 0 saturated carbocycles. The Bertz CT molecular complexity index is 349. The first-order valence-corrected chi connectivity index (χ1v) is 4.70. The summed E-state index contributed by atoms with van der Waals surface area (Å²) in [5.74, 6) is 0.973. The van der Waals surface area contributed by atoms with E-state index in [1.54, 1.807) is 6.20 Å². The molecule has 0 aliphatic carbocycles. The van der Waals surface area contributed by atoms with Gasteiger partial charge in [-0.1, -0.05) is 0 Å². The lowest BCUT2D eigenvalue weighted by Gasteiger charge is -2.09. The van der Waals surface area contributed by atoms with E-state index in [2.05, 4.69) is 33.3 Å². The second-order valence-corrected chi connectivity index (χ2v) is 3.30. The van der Waals surface area contributed by atoms with Gasteiger partial charge in [0.2, 0.25) is 0 Å². The van der Waals surface area contributed by atoms with Crippen molar-refractivity contribution in [3.05, 3.63) is 42.2 Å². The van der Waals surface area contributed by atoms with E-state index >= 15 is 0 Å². The van der Waals surface area contributed by atoms with Gasteiger partial charge in [-0.2, -0.15) is 0 Å². The summed E-state index contributed by atoms with van der Waals surface area (Å²) in [5.41, 5.74) is 1.25. The van der Waals surface area contributed by atoms with Gasteiger partial charge in [0.25, 0.3) is 0 Å². The highest BCUT2D eigenvalue weighted by Gasteiger charge is 2.05. The number of nitrogens with zero attached hydrogens (tertiary/aromatic N) is 1. The lowest BCUT2D eigenvalue weighted by atomic mass is 10.3. The van der Waals surface area contributed by atoms with Crippen LogP contribution >= 0.6 is 0 Å². The Kier molecular flexibility index (Phi) is 2.65. The molecule has 2 aromatic heterocycles. The summed E-state index contributed by atoms with van der Waals surface area (Å²) in [6.07, 6.45) is 7.52. The SMILES string of the molecule is CC(NCc1cc[nH]c1)c1ncc[nH]1. The molecule has 74 valence electrons. The molecule has 1 unspecified atom stereocenters. The zero-order chi connectivity index (χ0) is 9.80. The molecule has 0 radical (unpaired) electrons. The fourth-order valence-corrected chi connectivity index (χ4v) is 1.35. The average Bonchev–Trinajstić information content (AvgIpc) is 2.87. The highest BCUT2D eigenvalue weighted by Crippen LogP contribution is 2.06. The maximum atomic E-state index is 4.19. The zero-order valence-electron chi connectivity index (χ0n) is 8.12. The number of aromatic nitrogens is 3. The van der Waals surface area contributed by atoms with Crippen molar-refractivity contribution in [3.8, 4) is 0 Å². The van der Waals surface area contributed by atoms with E-state index in [-0.39, 0.29) is 6.04 Å². The van der Waals surface area contributed by atoms with Crippen LogP contribution in [0.15, 0.2) is 30.9 Å². The van der Waals surface area contributed by atoms with Crippen molar-refractivity contribution in [1.29, 1.82) is 0 Å². The van der Waals surface area contributed by atoms with Crippen molar-refractivity contribution in [3.63, 3.8) is 0 Å². The van der Waals surface area contributed by atoms with Gasteiger partial charge in [0, 0.05) is 31.3 Å². The van der Waals surface area contributed by atoms with Crippen LogP contribution in [-0.2, 0) is 6.54 Å². The van der Waals surface area contributed by atoms with Crippen LogP contribution in [0.4, 0.5) is 0 Å². The van der Waals surface area contributed by atoms with Crippen molar-refractivity contribution in [2.45, 2.75) is 19.5 Å². The first-order chi connectivity index (χ1) is 6.86. The van der Waals surface area contributed by atoms with Crippen LogP contribution in [0.1, 0.15) is 24.4 Å². The summed E-state index contributed by atoms with van der Waals surface area (Å²) >= 11 is 0. The summed E-state index contributed by atoms with van der Waals surface area (Å²) in [5, 5.41) is 3.37. The van der Waals surface area contributed by atoms with E-state index in [9.17, 15) is 0 Å². The summed E-state index contributed by atoms with van der Waals surface area (Å²) in [7, 11) is 0. The Balaban J connectivity index is 1.87. The Morgan fingerprint density at radius 1 is 1.50 bits per heavy atom. The number of hydrogen-bond acceptors (Lipinski definition) is 2. The first-order valence-electron chi connectivity index (χ1n) is 4.70. The quantitative estimate of drug-likeness (QED) is 0.685. The summed E-state index contributed by atoms with van der Waals surface area (Å²) < 4.78 is 0. The predicted octanol–water partition coefficient (Wildman–Crippen LogP) is 1.59. The molecule has 0 aliphatic rings. The van der Waals surface area contributed by atoms with Crippen LogP contribution in [0.25, 0.3) is 0 Å². The number of nitrogens with one attached hydrogen (secondary N) is 3. The normalized spacial score (nSPS) is 12.9. The van der Waals surface area contributed by atoms with Crippen LogP contribution in [0.2, 0.25) is 0 Å². The lowest BCUT2D eigenvalue weighted by Crippen LogP contribution is -2.18. The molecule has 3 N–H and O–H groups in total. The maximum absolute atomic E-state index is 4.19. The van der Waals surface area contributed by atoms with Gasteiger partial charge in [0.1, 0.15) is 5.82 Å². The van der Waals surface area contributed by atoms with Crippen LogP contribution in [0.3, 0.4) is 0 Å². The van der Waals surface area contributed by atoms with Gasteiger partial charge in [-0.05, 0) is 18.6 Å². The molecule has 1 atom stereocenters. The molecule has 0 amide bonds. The number of rotatable bonds is 4. The van der Waals surface area contributed by atoms with E-state index in [4.69, 9.17) is 0 Å². The number of H-pyrrole nitrogens is 2. The van der Waals surface area contributed by atoms with Crippen molar-refractivity contribution < 1.29 is 0 Å². The topological polar surface area (TPSA) is 56.5 Å². The standard InChI is InChI=1S/C10H14N4/c1-8(10-12-4-5-13-10)14-7-9-2-3-11-6-9/h2-6,8,11,14H,7H2,1H3,(H,12,13). The molecule has 0 fully saturated rings. The molecule has 0 saturated heterocycles. The maximum Gasteiger partial charge on any atom is 0.122 e. The molecule has 0 spiro atoms. The molecule has 4 nitrogen and oxygen atoms in total. The first kappa shape index (κ1) is 9.02. The molecule has 14 heavy (non-hydrogen) atoms. The largest absolute Gasteiger partial charge is 0.367 e. The van der Waals surface area contributed by atoms with Gasteiger partial charge < -0.3 is 15.3 Å². The minimum absolute atomic E-state index is 0.250. The summed E-state index contributed by atoms with van der Waals surface area (Å²) in [6.45, 7) is 2.94. The Hall–Kier alpha value is -1.55. The van der Waals surface area contributed by atoms with Crippen molar-refractivity contribution >= 4 is 0 Å².